The Morgan fingerprint density at radius 3 is 2.43 bits per heavy atom. The number of halogens is 4. The van der Waals surface area contributed by atoms with Gasteiger partial charge in [0.25, 0.3) is 0 Å². The molecule has 2 aromatic carbocycles. The minimum absolute atomic E-state index is 0.0384. The summed E-state index contributed by atoms with van der Waals surface area (Å²) < 4.78 is 32.4. The molecular weight excluding hydrogens is 494 g/mol. The largest absolute Gasteiger partial charge is 0.495 e. The van der Waals surface area contributed by atoms with Gasteiger partial charge in [-0.25, -0.2) is 8.42 Å². The minimum atomic E-state index is -3.82. The van der Waals surface area contributed by atoms with Crippen molar-refractivity contribution < 1.29 is 17.9 Å². The van der Waals surface area contributed by atoms with Gasteiger partial charge in [0.1, 0.15) is 5.75 Å². The number of hydrogen-bond donors (Lipinski definition) is 1. The molecule has 0 unspecified atom stereocenters. The number of hydrogen-bond acceptors (Lipinski definition) is 4. The Kier molecular flexibility index (Phi) is 7.43. The molecule has 6 nitrogen and oxygen atoms in total. The number of carbonyl (C=O) groups excluding carboxylic acids is 1. The summed E-state index contributed by atoms with van der Waals surface area (Å²) >= 11 is 24.1. The van der Waals surface area contributed by atoms with Crippen LogP contribution in [0.4, 0.5) is 5.69 Å². The molecule has 0 saturated carbocycles. The monoisotopic (exact) mass is 510 g/mol. The molecule has 0 radical (unpaired) electrons. The highest BCUT2D eigenvalue weighted by Gasteiger charge is 2.34. The number of piperidine rings is 1. The first kappa shape index (κ1) is 23.4. The van der Waals surface area contributed by atoms with E-state index in [-0.39, 0.29) is 37.4 Å². The van der Waals surface area contributed by atoms with Crippen LogP contribution in [0.5, 0.6) is 5.75 Å². The number of anilines is 1. The molecule has 1 aliphatic rings. The number of ether oxygens (including phenoxy) is 1. The average molecular weight is 512 g/mol. The van der Waals surface area contributed by atoms with Crippen molar-refractivity contribution >= 4 is 68.0 Å². The molecule has 0 aromatic heterocycles. The summed E-state index contributed by atoms with van der Waals surface area (Å²) in [7, 11) is -2.37. The molecule has 2 aromatic rings. The second-order valence-corrected chi connectivity index (χ2v) is 10.3. The lowest BCUT2D eigenvalue weighted by molar-refractivity contribution is -0.120. The van der Waals surface area contributed by atoms with E-state index in [4.69, 9.17) is 51.1 Å². The number of nitrogens with zero attached hydrogens (tertiary/aromatic N) is 1. The molecule has 1 N–H and O–H groups in total. The lowest BCUT2D eigenvalue weighted by atomic mass is 9.98. The first-order valence-electron chi connectivity index (χ1n) is 8.92. The Bertz CT molecular complexity index is 1080. The molecule has 162 valence electrons. The number of amides is 1. The van der Waals surface area contributed by atoms with Crippen LogP contribution < -0.4 is 10.1 Å². The van der Waals surface area contributed by atoms with E-state index in [0.717, 1.165) is 0 Å². The Hall–Kier alpha value is -1.22. The van der Waals surface area contributed by atoms with Crippen LogP contribution in [0.3, 0.4) is 0 Å². The van der Waals surface area contributed by atoms with Gasteiger partial charge in [0, 0.05) is 13.1 Å². The van der Waals surface area contributed by atoms with Crippen molar-refractivity contribution in [2.75, 3.05) is 25.5 Å². The van der Waals surface area contributed by atoms with Crippen LogP contribution in [-0.2, 0) is 14.8 Å². The molecule has 1 saturated heterocycles. The number of methoxy groups -OCH3 is 1. The lowest BCUT2D eigenvalue weighted by Gasteiger charge is -2.31. The summed E-state index contributed by atoms with van der Waals surface area (Å²) in [6.07, 6.45) is 1.08. The normalized spacial score (nSPS) is 17.6. The van der Waals surface area contributed by atoms with Gasteiger partial charge in [0.15, 0.2) is 0 Å². The highest BCUT2D eigenvalue weighted by Crippen LogP contribution is 2.34. The van der Waals surface area contributed by atoms with Crippen molar-refractivity contribution in [3.8, 4) is 5.75 Å². The second-order valence-electron chi connectivity index (χ2n) is 6.73. The maximum atomic E-state index is 13.0. The van der Waals surface area contributed by atoms with Crippen molar-refractivity contribution in [3.63, 3.8) is 0 Å². The smallest absolute Gasteiger partial charge is 0.243 e. The summed E-state index contributed by atoms with van der Waals surface area (Å²) in [6.45, 7) is 0.347. The van der Waals surface area contributed by atoms with Crippen LogP contribution in [0.2, 0.25) is 20.1 Å². The van der Waals surface area contributed by atoms with Crippen LogP contribution in [0.15, 0.2) is 35.2 Å². The van der Waals surface area contributed by atoms with E-state index in [1.165, 1.54) is 41.7 Å². The van der Waals surface area contributed by atoms with E-state index >= 15 is 0 Å². The minimum Gasteiger partial charge on any atom is -0.495 e. The summed E-state index contributed by atoms with van der Waals surface area (Å²) in [5.41, 5.74) is 0.318. The maximum Gasteiger partial charge on any atom is 0.243 e. The van der Waals surface area contributed by atoms with Gasteiger partial charge >= 0.3 is 0 Å². The van der Waals surface area contributed by atoms with Gasteiger partial charge in [-0.2, -0.15) is 4.31 Å². The molecule has 0 bridgehead atoms. The van der Waals surface area contributed by atoms with E-state index in [1.54, 1.807) is 0 Å². The summed E-state index contributed by atoms with van der Waals surface area (Å²) in [6, 6.07) is 7.16. The van der Waals surface area contributed by atoms with Crippen LogP contribution in [0.1, 0.15) is 12.8 Å². The van der Waals surface area contributed by atoms with Gasteiger partial charge < -0.3 is 10.1 Å². The molecule has 1 heterocycles. The number of benzene rings is 2. The van der Waals surface area contributed by atoms with Crippen molar-refractivity contribution in [3.05, 3.63) is 50.4 Å². The standard InChI is InChI=1S/C19H18Cl4N2O4S/c1-29-18-5-4-12(7-16(18)23)30(27,28)25-6-2-3-11(10-25)19(26)24-17-9-14(21)13(20)8-15(17)22/h4-5,7-9,11H,2-3,6,10H2,1H3,(H,24,26)/t11-/m1/s1. The third kappa shape index (κ3) is 4.98. The molecular formula is C19H18Cl4N2O4S. The Labute approximate surface area is 195 Å². The molecule has 0 spiro atoms. The number of carbonyl (C=O) groups is 1. The van der Waals surface area contributed by atoms with Crippen LogP contribution in [0.25, 0.3) is 0 Å². The van der Waals surface area contributed by atoms with E-state index in [1.807, 2.05) is 0 Å². The van der Waals surface area contributed by atoms with Crippen molar-refractivity contribution in [2.45, 2.75) is 17.7 Å². The van der Waals surface area contributed by atoms with Crippen LogP contribution >= 0.6 is 46.4 Å². The molecule has 1 fully saturated rings. The third-order valence-electron chi connectivity index (χ3n) is 4.78. The van der Waals surface area contributed by atoms with E-state index in [0.29, 0.717) is 30.8 Å². The summed E-state index contributed by atoms with van der Waals surface area (Å²) in [4.78, 5) is 12.8. The average Bonchev–Trinajstić information content (AvgIpc) is 2.72. The molecule has 1 amide bonds. The van der Waals surface area contributed by atoms with Gasteiger partial charge in [-0.15, -0.1) is 0 Å². The third-order valence-corrected chi connectivity index (χ3v) is 7.98. The molecule has 30 heavy (non-hydrogen) atoms. The van der Waals surface area contributed by atoms with Gasteiger partial charge in [-0.3, -0.25) is 4.79 Å². The highest BCUT2D eigenvalue weighted by atomic mass is 35.5. The topological polar surface area (TPSA) is 75.7 Å². The van der Waals surface area contributed by atoms with E-state index < -0.39 is 15.9 Å². The maximum absolute atomic E-state index is 13.0. The fraction of sp³-hybridized carbons (Fsp3) is 0.316. The van der Waals surface area contributed by atoms with Crippen LogP contribution in [-0.4, -0.2) is 38.8 Å². The number of nitrogens with one attached hydrogen (secondary N) is 1. The van der Waals surface area contributed by atoms with Crippen LogP contribution in [0, 0.1) is 5.92 Å². The number of rotatable bonds is 5. The molecule has 0 aliphatic carbocycles. The zero-order valence-electron chi connectivity index (χ0n) is 15.8. The molecule has 3 rings (SSSR count). The Morgan fingerprint density at radius 1 is 1.07 bits per heavy atom. The molecule has 11 heteroatoms. The predicted octanol–water partition coefficient (Wildman–Crippen LogP) is 5.35. The molecule has 1 atom stereocenters. The SMILES string of the molecule is COc1ccc(S(=O)(=O)N2CCC[C@@H](C(=O)Nc3cc(Cl)c(Cl)cc3Cl)C2)cc1Cl. The van der Waals surface area contributed by atoms with Gasteiger partial charge in [-0.05, 0) is 43.2 Å². The van der Waals surface area contributed by atoms with Gasteiger partial charge in [-0.1, -0.05) is 46.4 Å². The fourth-order valence-electron chi connectivity index (χ4n) is 3.18. The predicted molar refractivity (Wildman–Crippen MR) is 120 cm³/mol. The highest BCUT2D eigenvalue weighted by molar-refractivity contribution is 7.89. The summed E-state index contributed by atoms with van der Waals surface area (Å²) in [5.74, 6) is -0.513. The van der Waals surface area contributed by atoms with Crippen molar-refractivity contribution in [1.29, 1.82) is 0 Å². The lowest BCUT2D eigenvalue weighted by Crippen LogP contribution is -2.43. The Morgan fingerprint density at radius 2 is 1.77 bits per heavy atom. The summed E-state index contributed by atoms with van der Waals surface area (Å²) in [5, 5.41) is 3.67. The molecule has 1 aliphatic heterocycles. The van der Waals surface area contributed by atoms with Crippen molar-refractivity contribution in [2.24, 2.45) is 5.92 Å². The fourth-order valence-corrected chi connectivity index (χ4v) is 5.65. The second kappa shape index (κ2) is 9.51. The van der Waals surface area contributed by atoms with Gasteiger partial charge in [0.2, 0.25) is 15.9 Å². The zero-order valence-corrected chi connectivity index (χ0v) is 19.6. The zero-order chi connectivity index (χ0) is 22.1. The van der Waals surface area contributed by atoms with Crippen molar-refractivity contribution in [1.82, 2.24) is 4.31 Å². The first-order valence-corrected chi connectivity index (χ1v) is 11.9. The van der Waals surface area contributed by atoms with E-state index in [9.17, 15) is 13.2 Å². The quantitative estimate of drug-likeness (QED) is 0.549. The first-order chi connectivity index (χ1) is 14.1. The van der Waals surface area contributed by atoms with E-state index in [2.05, 4.69) is 5.32 Å². The number of sulfonamides is 1. The van der Waals surface area contributed by atoms with Gasteiger partial charge in [0.05, 0.1) is 43.7 Å². The Balaban J connectivity index is 1.77.